The van der Waals surface area contributed by atoms with E-state index >= 15 is 0 Å². The van der Waals surface area contributed by atoms with Gasteiger partial charge in [-0.25, -0.2) is 4.98 Å². The third-order valence-electron chi connectivity index (χ3n) is 5.72. The average Bonchev–Trinajstić information content (AvgIpc) is 3.36. The van der Waals surface area contributed by atoms with Crippen LogP contribution < -0.4 is 5.32 Å². The number of carbonyl (C=O) groups is 1. The van der Waals surface area contributed by atoms with Crippen LogP contribution in [0, 0.1) is 13.8 Å². The van der Waals surface area contributed by atoms with E-state index in [9.17, 15) is 4.79 Å². The van der Waals surface area contributed by atoms with Crippen molar-refractivity contribution in [1.82, 2.24) is 19.7 Å². The van der Waals surface area contributed by atoms with Crippen LogP contribution in [0.5, 0.6) is 0 Å². The fraction of sp³-hybridized carbons (Fsp3) is 0.455. The number of nitrogens with zero attached hydrogens (tertiary/aromatic N) is 4. The van der Waals surface area contributed by atoms with Gasteiger partial charge < -0.3 is 9.88 Å². The Morgan fingerprint density at radius 1 is 1.20 bits per heavy atom. The van der Waals surface area contributed by atoms with Crippen LogP contribution in [0.4, 0.5) is 5.13 Å². The maximum absolute atomic E-state index is 12.4. The number of hydrogen-bond donors (Lipinski definition) is 1. The number of aromatic nitrogens is 4. The number of aryl methyl sites for hydroxylation is 2. The number of anilines is 1. The zero-order valence-corrected chi connectivity index (χ0v) is 19.3. The lowest BCUT2D eigenvalue weighted by Crippen LogP contribution is -2.14. The van der Waals surface area contributed by atoms with Crippen molar-refractivity contribution in [2.45, 2.75) is 57.0 Å². The number of hydrogen-bond acceptors (Lipinski definition) is 6. The second-order valence-electron chi connectivity index (χ2n) is 7.91. The molecule has 0 bridgehead atoms. The molecule has 158 valence electrons. The molecule has 3 aromatic rings. The molecule has 1 aliphatic carbocycles. The standard InChI is InChI=1S/C22H27N5OS2/c1-14-9-10-17(11-15(14)2)18-12-29-21(23-18)24-19(28)13-30-22-26-25-20(27(22)3)16-7-5-4-6-8-16/h9-12,16H,4-8,13H2,1-3H3,(H,23,24,28). The summed E-state index contributed by atoms with van der Waals surface area (Å²) in [5, 5.41) is 15.0. The van der Waals surface area contributed by atoms with Crippen molar-refractivity contribution in [2.75, 3.05) is 11.1 Å². The average molecular weight is 442 g/mol. The molecule has 1 aromatic carbocycles. The summed E-state index contributed by atoms with van der Waals surface area (Å²) in [6.07, 6.45) is 6.22. The molecule has 0 radical (unpaired) electrons. The highest BCUT2D eigenvalue weighted by molar-refractivity contribution is 7.99. The van der Waals surface area contributed by atoms with Gasteiger partial charge in [0.2, 0.25) is 5.91 Å². The molecule has 0 saturated heterocycles. The minimum absolute atomic E-state index is 0.0804. The molecular formula is C22H27N5OS2. The quantitative estimate of drug-likeness (QED) is 0.523. The van der Waals surface area contributed by atoms with Gasteiger partial charge in [0, 0.05) is 23.9 Å². The van der Waals surface area contributed by atoms with E-state index in [4.69, 9.17) is 0 Å². The van der Waals surface area contributed by atoms with Gasteiger partial charge in [-0.3, -0.25) is 4.79 Å². The van der Waals surface area contributed by atoms with E-state index in [0.717, 1.165) is 22.2 Å². The summed E-state index contributed by atoms with van der Waals surface area (Å²) in [6, 6.07) is 6.29. The predicted molar refractivity (Wildman–Crippen MR) is 123 cm³/mol. The molecule has 0 atom stereocenters. The maximum Gasteiger partial charge on any atom is 0.236 e. The number of rotatable bonds is 6. The minimum Gasteiger partial charge on any atom is -0.309 e. The molecule has 2 aromatic heterocycles. The van der Waals surface area contributed by atoms with Gasteiger partial charge >= 0.3 is 0 Å². The Kier molecular flexibility index (Phi) is 6.53. The molecule has 1 aliphatic rings. The smallest absolute Gasteiger partial charge is 0.236 e. The van der Waals surface area contributed by atoms with Crippen LogP contribution in [0.25, 0.3) is 11.3 Å². The minimum atomic E-state index is -0.0804. The monoisotopic (exact) mass is 441 g/mol. The second kappa shape index (κ2) is 9.31. The third kappa shape index (κ3) is 4.75. The molecule has 0 aliphatic heterocycles. The van der Waals surface area contributed by atoms with Crippen molar-refractivity contribution in [2.24, 2.45) is 7.05 Å². The number of amides is 1. The molecule has 4 rings (SSSR count). The first-order valence-corrected chi connectivity index (χ1v) is 12.2. The summed E-state index contributed by atoms with van der Waals surface area (Å²) in [5.74, 6) is 1.76. The van der Waals surface area contributed by atoms with Gasteiger partial charge in [0.05, 0.1) is 11.4 Å². The lowest BCUT2D eigenvalue weighted by molar-refractivity contribution is -0.113. The Morgan fingerprint density at radius 3 is 2.77 bits per heavy atom. The highest BCUT2D eigenvalue weighted by Crippen LogP contribution is 2.32. The SMILES string of the molecule is Cc1ccc(-c2csc(NC(=O)CSc3nnc(C4CCCCC4)n3C)n2)cc1C. The van der Waals surface area contributed by atoms with Crippen molar-refractivity contribution in [3.05, 3.63) is 40.5 Å². The normalized spacial score (nSPS) is 14.8. The Hall–Kier alpha value is -2.19. The Bertz CT molecular complexity index is 1040. The van der Waals surface area contributed by atoms with Crippen molar-refractivity contribution in [3.63, 3.8) is 0 Å². The van der Waals surface area contributed by atoms with Crippen molar-refractivity contribution < 1.29 is 4.79 Å². The van der Waals surface area contributed by atoms with E-state index < -0.39 is 0 Å². The van der Waals surface area contributed by atoms with Gasteiger partial charge in [-0.1, -0.05) is 43.2 Å². The molecule has 6 nitrogen and oxygen atoms in total. The van der Waals surface area contributed by atoms with E-state index in [2.05, 4.69) is 57.1 Å². The molecule has 1 fully saturated rings. The van der Waals surface area contributed by atoms with Crippen LogP contribution in [0.3, 0.4) is 0 Å². The van der Waals surface area contributed by atoms with E-state index in [1.165, 1.54) is 66.3 Å². The predicted octanol–water partition coefficient (Wildman–Crippen LogP) is 5.33. The van der Waals surface area contributed by atoms with Crippen LogP contribution >= 0.6 is 23.1 Å². The summed E-state index contributed by atoms with van der Waals surface area (Å²) in [6.45, 7) is 4.19. The number of nitrogens with one attached hydrogen (secondary N) is 1. The first kappa shape index (κ1) is 21.1. The molecular weight excluding hydrogens is 414 g/mol. The van der Waals surface area contributed by atoms with E-state index in [1.807, 2.05) is 12.4 Å². The van der Waals surface area contributed by atoms with Gasteiger partial charge in [-0.2, -0.15) is 0 Å². The molecule has 0 unspecified atom stereocenters. The van der Waals surface area contributed by atoms with Crippen molar-refractivity contribution in [3.8, 4) is 11.3 Å². The van der Waals surface area contributed by atoms with E-state index in [0.29, 0.717) is 11.0 Å². The summed E-state index contributed by atoms with van der Waals surface area (Å²) >= 11 is 2.87. The molecule has 1 N–H and O–H groups in total. The molecule has 1 amide bonds. The Morgan fingerprint density at radius 2 is 2.00 bits per heavy atom. The lowest BCUT2D eigenvalue weighted by atomic mass is 9.89. The number of thioether (sulfide) groups is 1. The van der Waals surface area contributed by atoms with Gasteiger partial charge in [-0.15, -0.1) is 21.5 Å². The van der Waals surface area contributed by atoms with Gasteiger partial charge in [0.15, 0.2) is 10.3 Å². The Balaban J connectivity index is 1.34. The molecule has 0 spiro atoms. The zero-order chi connectivity index (χ0) is 21.1. The van der Waals surface area contributed by atoms with Gasteiger partial charge in [-0.05, 0) is 43.9 Å². The lowest BCUT2D eigenvalue weighted by Gasteiger charge is -2.20. The van der Waals surface area contributed by atoms with E-state index in [1.54, 1.807) is 0 Å². The Labute approximate surface area is 185 Å². The van der Waals surface area contributed by atoms with Crippen LogP contribution in [0.2, 0.25) is 0 Å². The zero-order valence-electron chi connectivity index (χ0n) is 17.6. The highest BCUT2D eigenvalue weighted by atomic mass is 32.2. The van der Waals surface area contributed by atoms with E-state index in [-0.39, 0.29) is 11.7 Å². The molecule has 2 heterocycles. The van der Waals surface area contributed by atoms with Crippen LogP contribution in [0.1, 0.15) is 55.0 Å². The topological polar surface area (TPSA) is 72.7 Å². The van der Waals surface area contributed by atoms with Crippen molar-refractivity contribution in [1.29, 1.82) is 0 Å². The number of thiazole rings is 1. The molecule has 1 saturated carbocycles. The first-order chi connectivity index (χ1) is 14.5. The largest absolute Gasteiger partial charge is 0.309 e. The van der Waals surface area contributed by atoms with Crippen molar-refractivity contribution >= 4 is 34.1 Å². The van der Waals surface area contributed by atoms with Gasteiger partial charge in [0.25, 0.3) is 0 Å². The van der Waals surface area contributed by atoms with Crippen LogP contribution in [-0.4, -0.2) is 31.4 Å². The molecule has 8 heteroatoms. The van der Waals surface area contributed by atoms with Gasteiger partial charge in [0.1, 0.15) is 5.82 Å². The summed E-state index contributed by atoms with van der Waals surface area (Å²) in [5.41, 5.74) is 4.45. The molecule has 30 heavy (non-hydrogen) atoms. The van der Waals surface area contributed by atoms with Crippen LogP contribution in [0.15, 0.2) is 28.7 Å². The second-order valence-corrected chi connectivity index (χ2v) is 9.71. The number of benzene rings is 1. The third-order valence-corrected chi connectivity index (χ3v) is 7.50. The fourth-order valence-corrected chi connectivity index (χ4v) is 5.27. The first-order valence-electron chi connectivity index (χ1n) is 10.4. The number of carbonyl (C=O) groups excluding carboxylic acids is 1. The van der Waals surface area contributed by atoms with Crippen LogP contribution in [-0.2, 0) is 11.8 Å². The fourth-order valence-electron chi connectivity index (χ4n) is 3.82. The summed E-state index contributed by atoms with van der Waals surface area (Å²) in [7, 11) is 2.00. The summed E-state index contributed by atoms with van der Waals surface area (Å²) in [4.78, 5) is 17.0. The highest BCUT2D eigenvalue weighted by Gasteiger charge is 2.22. The summed E-state index contributed by atoms with van der Waals surface area (Å²) < 4.78 is 2.05. The maximum atomic E-state index is 12.4.